The number of aliphatic hydroxyl groups is 2. The molecule has 14 heavy (non-hydrogen) atoms. The molecular weight excluding hydrogens is 186 g/mol. The maximum absolute atomic E-state index is 8.69. The van der Waals surface area contributed by atoms with Crippen molar-refractivity contribution in [1.82, 2.24) is 5.32 Å². The highest BCUT2D eigenvalue weighted by Crippen LogP contribution is 2.08. The SMILES string of the molecule is OC1CCCCO1.OC1COCCN1. The third-order valence-electron chi connectivity index (χ3n) is 2.06. The van der Waals surface area contributed by atoms with E-state index in [1.807, 2.05) is 0 Å². The first kappa shape index (κ1) is 11.9. The van der Waals surface area contributed by atoms with E-state index < -0.39 is 12.5 Å². The molecule has 2 rings (SSSR count). The Labute approximate surface area is 84.0 Å². The average Bonchev–Trinajstić information content (AvgIpc) is 2.21. The lowest BCUT2D eigenvalue weighted by atomic mass is 10.2. The molecule has 0 bridgehead atoms. The number of ether oxygens (including phenoxy) is 2. The van der Waals surface area contributed by atoms with Crippen LogP contribution in [0.5, 0.6) is 0 Å². The minimum Gasteiger partial charge on any atom is -0.376 e. The molecular formula is C9H19NO4. The number of aliphatic hydroxyl groups excluding tert-OH is 2. The van der Waals surface area contributed by atoms with Crippen molar-refractivity contribution in [1.29, 1.82) is 0 Å². The van der Waals surface area contributed by atoms with Gasteiger partial charge in [0.15, 0.2) is 6.29 Å². The highest BCUT2D eigenvalue weighted by Gasteiger charge is 2.07. The maximum atomic E-state index is 8.69. The van der Waals surface area contributed by atoms with Crippen molar-refractivity contribution in [3.63, 3.8) is 0 Å². The summed E-state index contributed by atoms with van der Waals surface area (Å²) >= 11 is 0. The van der Waals surface area contributed by atoms with Gasteiger partial charge in [-0.2, -0.15) is 0 Å². The summed E-state index contributed by atoms with van der Waals surface area (Å²) in [5, 5.41) is 20.2. The number of hydrogen-bond donors (Lipinski definition) is 3. The molecule has 0 spiro atoms. The molecule has 0 aromatic heterocycles. The van der Waals surface area contributed by atoms with Crippen LogP contribution in [0.4, 0.5) is 0 Å². The monoisotopic (exact) mass is 205 g/mol. The Balaban J connectivity index is 0.000000140. The van der Waals surface area contributed by atoms with Gasteiger partial charge in [0.1, 0.15) is 6.23 Å². The van der Waals surface area contributed by atoms with Crippen molar-refractivity contribution in [3.8, 4) is 0 Å². The Morgan fingerprint density at radius 3 is 2.29 bits per heavy atom. The molecule has 0 aliphatic carbocycles. The first-order valence-corrected chi connectivity index (χ1v) is 5.08. The molecule has 2 unspecified atom stereocenters. The predicted molar refractivity (Wildman–Crippen MR) is 50.6 cm³/mol. The van der Waals surface area contributed by atoms with Crippen LogP contribution in [-0.2, 0) is 9.47 Å². The van der Waals surface area contributed by atoms with Crippen LogP contribution < -0.4 is 5.32 Å². The van der Waals surface area contributed by atoms with E-state index >= 15 is 0 Å². The Kier molecular flexibility index (Phi) is 6.05. The summed E-state index contributed by atoms with van der Waals surface area (Å²) in [6.45, 7) is 2.65. The molecule has 2 saturated heterocycles. The molecule has 5 nitrogen and oxygen atoms in total. The van der Waals surface area contributed by atoms with Crippen molar-refractivity contribution in [2.75, 3.05) is 26.4 Å². The van der Waals surface area contributed by atoms with E-state index in [1.165, 1.54) is 0 Å². The summed E-state index contributed by atoms with van der Waals surface area (Å²) in [7, 11) is 0. The number of nitrogens with one attached hydrogen (secondary N) is 1. The number of hydrogen-bond acceptors (Lipinski definition) is 5. The first-order chi connectivity index (χ1) is 6.79. The van der Waals surface area contributed by atoms with Crippen molar-refractivity contribution in [2.24, 2.45) is 0 Å². The molecule has 0 aromatic rings. The van der Waals surface area contributed by atoms with E-state index in [2.05, 4.69) is 5.32 Å². The van der Waals surface area contributed by atoms with Crippen LogP contribution in [0.3, 0.4) is 0 Å². The number of morpholine rings is 1. The third kappa shape index (κ3) is 5.51. The lowest BCUT2D eigenvalue weighted by Crippen LogP contribution is -2.40. The molecule has 84 valence electrons. The van der Waals surface area contributed by atoms with Gasteiger partial charge < -0.3 is 19.7 Å². The van der Waals surface area contributed by atoms with Crippen LogP contribution >= 0.6 is 0 Å². The quantitative estimate of drug-likeness (QED) is 0.494. The van der Waals surface area contributed by atoms with Crippen LogP contribution in [0.15, 0.2) is 0 Å². The molecule has 0 aromatic carbocycles. The van der Waals surface area contributed by atoms with E-state index in [9.17, 15) is 0 Å². The van der Waals surface area contributed by atoms with Gasteiger partial charge in [0.25, 0.3) is 0 Å². The van der Waals surface area contributed by atoms with E-state index in [0.29, 0.717) is 6.61 Å². The molecule has 2 aliphatic heterocycles. The Hall–Kier alpha value is -0.200. The van der Waals surface area contributed by atoms with E-state index in [-0.39, 0.29) is 0 Å². The molecule has 0 saturated carbocycles. The second kappa shape index (κ2) is 7.14. The second-order valence-electron chi connectivity index (χ2n) is 3.37. The normalized spacial score (nSPS) is 33.0. The van der Waals surface area contributed by atoms with Gasteiger partial charge in [-0.15, -0.1) is 0 Å². The predicted octanol–water partition coefficient (Wildman–Crippen LogP) is -0.570. The molecule has 0 radical (unpaired) electrons. The molecule has 0 amide bonds. The van der Waals surface area contributed by atoms with Gasteiger partial charge in [0.2, 0.25) is 0 Å². The van der Waals surface area contributed by atoms with E-state index in [4.69, 9.17) is 19.7 Å². The standard InChI is InChI=1S/C5H10O2.C4H9NO2/c6-5-3-1-2-4-7-5;6-4-3-7-2-1-5-4/h5-6H,1-4H2;4-6H,1-3H2. The largest absolute Gasteiger partial charge is 0.376 e. The van der Waals surface area contributed by atoms with Crippen molar-refractivity contribution >= 4 is 0 Å². The summed E-state index contributed by atoms with van der Waals surface area (Å²) < 4.78 is 9.70. The van der Waals surface area contributed by atoms with Crippen molar-refractivity contribution in [3.05, 3.63) is 0 Å². The smallest absolute Gasteiger partial charge is 0.154 e. The Morgan fingerprint density at radius 2 is 2.00 bits per heavy atom. The zero-order valence-electron chi connectivity index (χ0n) is 8.32. The highest BCUT2D eigenvalue weighted by atomic mass is 16.6. The average molecular weight is 205 g/mol. The Morgan fingerprint density at radius 1 is 1.14 bits per heavy atom. The van der Waals surface area contributed by atoms with Crippen molar-refractivity contribution in [2.45, 2.75) is 31.8 Å². The fourth-order valence-electron chi connectivity index (χ4n) is 1.28. The fourth-order valence-corrected chi connectivity index (χ4v) is 1.28. The van der Waals surface area contributed by atoms with Gasteiger partial charge in [-0.05, 0) is 19.3 Å². The van der Waals surface area contributed by atoms with Crippen LogP contribution in [0, 0.1) is 0 Å². The van der Waals surface area contributed by atoms with E-state index in [1.54, 1.807) is 0 Å². The van der Waals surface area contributed by atoms with Crippen LogP contribution in [0.2, 0.25) is 0 Å². The topological polar surface area (TPSA) is 71.0 Å². The first-order valence-electron chi connectivity index (χ1n) is 5.08. The molecule has 5 heteroatoms. The summed E-state index contributed by atoms with van der Waals surface area (Å²) in [5.74, 6) is 0. The molecule has 3 N–H and O–H groups in total. The third-order valence-corrected chi connectivity index (χ3v) is 2.06. The maximum Gasteiger partial charge on any atom is 0.154 e. The Bertz CT molecular complexity index is 117. The van der Waals surface area contributed by atoms with Crippen molar-refractivity contribution < 1.29 is 19.7 Å². The van der Waals surface area contributed by atoms with E-state index in [0.717, 1.165) is 39.0 Å². The molecule has 2 aliphatic rings. The fraction of sp³-hybridized carbons (Fsp3) is 1.00. The van der Waals surface area contributed by atoms with Crippen LogP contribution in [-0.4, -0.2) is 49.1 Å². The minimum absolute atomic E-state index is 0.431. The van der Waals surface area contributed by atoms with Gasteiger partial charge in [-0.3, -0.25) is 5.32 Å². The lowest BCUT2D eigenvalue weighted by Gasteiger charge is -2.17. The summed E-state index contributed by atoms with van der Waals surface area (Å²) in [6, 6.07) is 0. The molecule has 2 atom stereocenters. The molecule has 2 heterocycles. The second-order valence-corrected chi connectivity index (χ2v) is 3.37. The van der Waals surface area contributed by atoms with Crippen LogP contribution in [0.25, 0.3) is 0 Å². The highest BCUT2D eigenvalue weighted by molar-refractivity contribution is 4.55. The van der Waals surface area contributed by atoms with Gasteiger partial charge in [-0.1, -0.05) is 0 Å². The van der Waals surface area contributed by atoms with Gasteiger partial charge in [0.05, 0.1) is 13.2 Å². The lowest BCUT2D eigenvalue weighted by molar-refractivity contribution is -0.123. The minimum atomic E-state index is -0.464. The summed E-state index contributed by atoms with van der Waals surface area (Å²) in [6.07, 6.45) is 2.14. The molecule has 2 fully saturated rings. The zero-order valence-corrected chi connectivity index (χ0v) is 8.32. The zero-order chi connectivity index (χ0) is 10.2. The summed E-state index contributed by atoms with van der Waals surface area (Å²) in [4.78, 5) is 0. The van der Waals surface area contributed by atoms with Crippen LogP contribution in [0.1, 0.15) is 19.3 Å². The number of rotatable bonds is 0. The van der Waals surface area contributed by atoms with Gasteiger partial charge >= 0.3 is 0 Å². The summed E-state index contributed by atoms with van der Waals surface area (Å²) in [5.41, 5.74) is 0. The van der Waals surface area contributed by atoms with Gasteiger partial charge in [0, 0.05) is 13.2 Å². The van der Waals surface area contributed by atoms with Gasteiger partial charge in [-0.25, -0.2) is 0 Å².